The number of para-hydroxylation sites is 1. The highest BCUT2D eigenvalue weighted by Gasteiger charge is 2.08. The molecule has 0 unspecified atom stereocenters. The highest BCUT2D eigenvalue weighted by molar-refractivity contribution is 6.32. The second kappa shape index (κ2) is 6.78. The Balaban J connectivity index is 2.15. The molecule has 1 N–H and O–H groups in total. The topological polar surface area (TPSA) is 21.3 Å². The van der Waals surface area contributed by atoms with Gasteiger partial charge in [0.1, 0.15) is 12.4 Å². The fraction of sp³-hybridized carbons (Fsp3) is 0.294. The fourth-order valence-electron chi connectivity index (χ4n) is 2.09. The average Bonchev–Trinajstić information content (AvgIpc) is 2.42. The third-order valence-electron chi connectivity index (χ3n) is 3.37. The molecule has 0 aliphatic rings. The van der Waals surface area contributed by atoms with E-state index in [2.05, 4.69) is 37.4 Å². The van der Waals surface area contributed by atoms with Crippen molar-refractivity contribution in [2.24, 2.45) is 0 Å². The Hall–Kier alpha value is -1.51. The zero-order valence-electron chi connectivity index (χ0n) is 12.2. The Morgan fingerprint density at radius 1 is 1.10 bits per heavy atom. The van der Waals surface area contributed by atoms with Crippen LogP contribution in [-0.4, -0.2) is 7.05 Å². The summed E-state index contributed by atoms with van der Waals surface area (Å²) in [5.74, 6) is 0.766. The van der Waals surface area contributed by atoms with Crippen LogP contribution in [0, 0.1) is 13.8 Å². The molecule has 0 aromatic heterocycles. The molecule has 0 atom stereocenters. The van der Waals surface area contributed by atoms with Crippen LogP contribution in [0.25, 0.3) is 0 Å². The number of aryl methyl sites for hydroxylation is 2. The van der Waals surface area contributed by atoms with Crippen molar-refractivity contribution in [2.45, 2.75) is 27.0 Å². The van der Waals surface area contributed by atoms with Crippen LogP contribution in [0.1, 0.15) is 22.3 Å². The molecule has 0 amide bonds. The Kier molecular flexibility index (Phi) is 5.05. The van der Waals surface area contributed by atoms with Gasteiger partial charge in [0.15, 0.2) is 0 Å². The number of halogens is 1. The van der Waals surface area contributed by atoms with Gasteiger partial charge >= 0.3 is 0 Å². The molecule has 0 fully saturated rings. The minimum Gasteiger partial charge on any atom is -0.487 e. The van der Waals surface area contributed by atoms with Crippen molar-refractivity contribution in [2.75, 3.05) is 7.05 Å². The Morgan fingerprint density at radius 2 is 1.90 bits per heavy atom. The van der Waals surface area contributed by atoms with Crippen LogP contribution >= 0.6 is 11.6 Å². The van der Waals surface area contributed by atoms with Crippen LogP contribution in [0.4, 0.5) is 0 Å². The van der Waals surface area contributed by atoms with Gasteiger partial charge in [-0.3, -0.25) is 0 Å². The smallest absolute Gasteiger partial charge is 0.142 e. The second-order valence-corrected chi connectivity index (χ2v) is 5.37. The van der Waals surface area contributed by atoms with E-state index >= 15 is 0 Å². The molecule has 0 spiro atoms. The van der Waals surface area contributed by atoms with Gasteiger partial charge in [0.25, 0.3) is 0 Å². The standard InChI is InChI=1S/C17H20ClNO/c1-12-7-8-14(9-13(12)2)11-20-17-15(10-19-3)5-4-6-16(17)18/h4-9,19H,10-11H2,1-3H3. The summed E-state index contributed by atoms with van der Waals surface area (Å²) < 4.78 is 5.93. The maximum absolute atomic E-state index is 6.24. The molecule has 0 radical (unpaired) electrons. The van der Waals surface area contributed by atoms with Crippen LogP contribution in [-0.2, 0) is 13.2 Å². The van der Waals surface area contributed by atoms with Gasteiger partial charge in [-0.25, -0.2) is 0 Å². The van der Waals surface area contributed by atoms with Crippen LogP contribution in [0.15, 0.2) is 36.4 Å². The summed E-state index contributed by atoms with van der Waals surface area (Å²) in [6.07, 6.45) is 0. The molecule has 2 rings (SSSR count). The second-order valence-electron chi connectivity index (χ2n) is 4.97. The zero-order chi connectivity index (χ0) is 14.5. The van der Waals surface area contributed by atoms with E-state index in [4.69, 9.17) is 16.3 Å². The van der Waals surface area contributed by atoms with E-state index in [0.717, 1.165) is 23.4 Å². The van der Waals surface area contributed by atoms with E-state index in [1.54, 1.807) is 0 Å². The molecule has 0 heterocycles. The monoisotopic (exact) mass is 289 g/mol. The molecule has 0 saturated carbocycles. The lowest BCUT2D eigenvalue weighted by Crippen LogP contribution is -2.08. The van der Waals surface area contributed by atoms with E-state index < -0.39 is 0 Å². The zero-order valence-corrected chi connectivity index (χ0v) is 12.9. The number of hydrogen-bond acceptors (Lipinski definition) is 2. The van der Waals surface area contributed by atoms with Crippen LogP contribution < -0.4 is 10.1 Å². The molecule has 0 bridgehead atoms. The normalized spacial score (nSPS) is 10.6. The number of benzene rings is 2. The van der Waals surface area contributed by atoms with E-state index in [-0.39, 0.29) is 0 Å². The van der Waals surface area contributed by atoms with Crippen molar-refractivity contribution in [3.05, 3.63) is 63.7 Å². The van der Waals surface area contributed by atoms with Crippen LogP contribution in [0.3, 0.4) is 0 Å². The third kappa shape index (κ3) is 3.53. The van der Waals surface area contributed by atoms with Gasteiger partial charge < -0.3 is 10.1 Å². The molecule has 0 aliphatic carbocycles. The largest absolute Gasteiger partial charge is 0.487 e. The third-order valence-corrected chi connectivity index (χ3v) is 3.67. The van der Waals surface area contributed by atoms with Gasteiger partial charge in [-0.15, -0.1) is 0 Å². The predicted octanol–water partition coefficient (Wildman–Crippen LogP) is 4.26. The van der Waals surface area contributed by atoms with E-state index in [9.17, 15) is 0 Å². The van der Waals surface area contributed by atoms with Crippen LogP contribution in [0.2, 0.25) is 5.02 Å². The summed E-state index contributed by atoms with van der Waals surface area (Å²) >= 11 is 6.24. The summed E-state index contributed by atoms with van der Waals surface area (Å²) in [5, 5.41) is 3.78. The first kappa shape index (κ1) is 14.9. The van der Waals surface area contributed by atoms with E-state index in [0.29, 0.717) is 11.6 Å². The first-order chi connectivity index (χ1) is 9.61. The molecule has 106 valence electrons. The minimum atomic E-state index is 0.529. The highest BCUT2D eigenvalue weighted by atomic mass is 35.5. The summed E-state index contributed by atoms with van der Waals surface area (Å²) in [4.78, 5) is 0. The van der Waals surface area contributed by atoms with Gasteiger partial charge in [-0.1, -0.05) is 41.9 Å². The lowest BCUT2D eigenvalue weighted by Gasteiger charge is -2.13. The molecule has 0 aliphatic heterocycles. The summed E-state index contributed by atoms with van der Waals surface area (Å²) in [5.41, 5.74) is 4.80. The highest BCUT2D eigenvalue weighted by Crippen LogP contribution is 2.29. The molecule has 2 nitrogen and oxygen atoms in total. The Bertz CT molecular complexity index is 596. The number of ether oxygens (including phenoxy) is 1. The quantitative estimate of drug-likeness (QED) is 0.888. The SMILES string of the molecule is CNCc1cccc(Cl)c1OCc1ccc(C)c(C)c1. The molecule has 2 aromatic rings. The molecular formula is C17H20ClNO. The van der Waals surface area contributed by atoms with Crippen molar-refractivity contribution < 1.29 is 4.74 Å². The van der Waals surface area contributed by atoms with Crippen molar-refractivity contribution in [1.29, 1.82) is 0 Å². The molecular weight excluding hydrogens is 270 g/mol. The lowest BCUT2D eigenvalue weighted by atomic mass is 10.1. The Morgan fingerprint density at radius 3 is 2.60 bits per heavy atom. The molecule has 2 aromatic carbocycles. The van der Waals surface area contributed by atoms with Crippen molar-refractivity contribution in [3.8, 4) is 5.75 Å². The summed E-state index contributed by atoms with van der Waals surface area (Å²) in [6, 6.07) is 12.2. The van der Waals surface area contributed by atoms with Crippen molar-refractivity contribution in [1.82, 2.24) is 5.32 Å². The van der Waals surface area contributed by atoms with Crippen molar-refractivity contribution >= 4 is 11.6 Å². The fourth-order valence-corrected chi connectivity index (χ4v) is 2.34. The number of rotatable bonds is 5. The van der Waals surface area contributed by atoms with Crippen molar-refractivity contribution in [3.63, 3.8) is 0 Å². The Labute approximate surface area is 125 Å². The van der Waals surface area contributed by atoms with Gasteiger partial charge in [0.2, 0.25) is 0 Å². The first-order valence-corrected chi connectivity index (χ1v) is 7.10. The van der Waals surface area contributed by atoms with E-state index in [1.807, 2.05) is 25.2 Å². The van der Waals surface area contributed by atoms with Gasteiger partial charge in [0, 0.05) is 12.1 Å². The minimum absolute atomic E-state index is 0.529. The maximum Gasteiger partial charge on any atom is 0.142 e. The number of nitrogens with one attached hydrogen (secondary N) is 1. The summed E-state index contributed by atoms with van der Waals surface area (Å²) in [6.45, 7) is 5.49. The predicted molar refractivity (Wildman–Crippen MR) is 84.5 cm³/mol. The van der Waals surface area contributed by atoms with Gasteiger partial charge in [-0.05, 0) is 43.7 Å². The molecule has 3 heteroatoms. The number of hydrogen-bond donors (Lipinski definition) is 1. The summed E-state index contributed by atoms with van der Waals surface area (Å²) in [7, 11) is 1.91. The van der Waals surface area contributed by atoms with Gasteiger partial charge in [0.05, 0.1) is 5.02 Å². The average molecular weight is 290 g/mol. The molecule has 0 saturated heterocycles. The first-order valence-electron chi connectivity index (χ1n) is 6.72. The van der Waals surface area contributed by atoms with E-state index in [1.165, 1.54) is 11.1 Å². The maximum atomic E-state index is 6.24. The molecule has 20 heavy (non-hydrogen) atoms. The van der Waals surface area contributed by atoms with Crippen LogP contribution in [0.5, 0.6) is 5.75 Å². The van der Waals surface area contributed by atoms with Gasteiger partial charge in [-0.2, -0.15) is 0 Å². The lowest BCUT2D eigenvalue weighted by molar-refractivity contribution is 0.302.